The molecule has 1 aliphatic heterocycles. The predicted octanol–water partition coefficient (Wildman–Crippen LogP) is 0.323. The van der Waals surface area contributed by atoms with Crippen LogP contribution < -0.4 is 5.32 Å². The molecule has 0 spiro atoms. The van der Waals surface area contributed by atoms with E-state index in [1.54, 1.807) is 4.90 Å². The van der Waals surface area contributed by atoms with Crippen LogP contribution in [-0.2, 0) is 11.3 Å². The number of anilines is 1. The van der Waals surface area contributed by atoms with Crippen LogP contribution in [0.25, 0.3) is 0 Å². The van der Waals surface area contributed by atoms with Gasteiger partial charge in [0.05, 0.1) is 6.10 Å². The van der Waals surface area contributed by atoms with Crippen LogP contribution in [0, 0.1) is 0 Å². The fourth-order valence-corrected chi connectivity index (χ4v) is 2.51. The van der Waals surface area contributed by atoms with Crippen molar-refractivity contribution < 1.29 is 9.90 Å². The SMILES string of the molecule is CCCNc1ncc(CN2CCN(C(C)=O)C[C@@H](O)C2)cn1. The quantitative estimate of drug-likeness (QED) is 0.815. The minimum Gasteiger partial charge on any atom is -0.390 e. The Morgan fingerprint density at radius 1 is 1.36 bits per heavy atom. The average Bonchev–Trinajstić information content (AvgIpc) is 2.68. The van der Waals surface area contributed by atoms with E-state index in [9.17, 15) is 9.90 Å². The van der Waals surface area contributed by atoms with E-state index >= 15 is 0 Å². The summed E-state index contributed by atoms with van der Waals surface area (Å²) in [5.41, 5.74) is 1.01. The number of aliphatic hydroxyl groups excluding tert-OH is 1. The van der Waals surface area contributed by atoms with Crippen molar-refractivity contribution in [1.82, 2.24) is 19.8 Å². The maximum absolute atomic E-state index is 11.5. The van der Waals surface area contributed by atoms with Crippen molar-refractivity contribution >= 4 is 11.9 Å². The number of nitrogens with one attached hydrogen (secondary N) is 1. The molecule has 1 aliphatic rings. The first-order chi connectivity index (χ1) is 10.6. The molecule has 0 radical (unpaired) electrons. The summed E-state index contributed by atoms with van der Waals surface area (Å²) in [5.74, 6) is 0.653. The lowest BCUT2D eigenvalue weighted by atomic mass is 10.2. The Kier molecular flexibility index (Phi) is 6.09. The number of hydrogen-bond donors (Lipinski definition) is 2. The number of amides is 1. The van der Waals surface area contributed by atoms with Crippen LogP contribution in [0.15, 0.2) is 12.4 Å². The van der Waals surface area contributed by atoms with E-state index in [1.165, 1.54) is 6.92 Å². The summed E-state index contributed by atoms with van der Waals surface area (Å²) in [6.07, 6.45) is 4.14. The van der Waals surface area contributed by atoms with E-state index in [4.69, 9.17) is 0 Å². The number of hydrogen-bond acceptors (Lipinski definition) is 6. The number of nitrogens with zero attached hydrogens (tertiary/aromatic N) is 4. The van der Waals surface area contributed by atoms with Gasteiger partial charge in [-0.25, -0.2) is 9.97 Å². The molecule has 1 amide bonds. The molecular formula is C15H25N5O2. The molecule has 7 heteroatoms. The van der Waals surface area contributed by atoms with Crippen LogP contribution in [-0.4, -0.2) is 69.6 Å². The molecule has 2 N–H and O–H groups in total. The summed E-state index contributed by atoms with van der Waals surface area (Å²) in [5, 5.41) is 13.2. The summed E-state index contributed by atoms with van der Waals surface area (Å²) in [4.78, 5) is 23.9. The van der Waals surface area contributed by atoms with Crippen LogP contribution in [0.5, 0.6) is 0 Å². The number of rotatable bonds is 5. The molecule has 0 bridgehead atoms. The van der Waals surface area contributed by atoms with Gasteiger partial charge in [-0.1, -0.05) is 6.92 Å². The van der Waals surface area contributed by atoms with Gasteiger partial charge in [0.2, 0.25) is 11.9 Å². The average molecular weight is 307 g/mol. The largest absolute Gasteiger partial charge is 0.390 e. The number of carbonyl (C=O) groups is 1. The Bertz CT molecular complexity index is 479. The van der Waals surface area contributed by atoms with Crippen LogP contribution in [0.4, 0.5) is 5.95 Å². The van der Waals surface area contributed by atoms with E-state index in [0.717, 1.165) is 25.1 Å². The molecule has 0 aliphatic carbocycles. The molecule has 0 saturated carbocycles. The molecule has 1 fully saturated rings. The van der Waals surface area contributed by atoms with Gasteiger partial charge in [-0.05, 0) is 6.42 Å². The van der Waals surface area contributed by atoms with Gasteiger partial charge < -0.3 is 15.3 Å². The van der Waals surface area contributed by atoms with Crippen molar-refractivity contribution in [3.05, 3.63) is 18.0 Å². The zero-order valence-electron chi connectivity index (χ0n) is 13.3. The van der Waals surface area contributed by atoms with Gasteiger partial charge in [-0.3, -0.25) is 9.69 Å². The molecular weight excluding hydrogens is 282 g/mol. The normalized spacial score (nSPS) is 19.8. The van der Waals surface area contributed by atoms with E-state index in [0.29, 0.717) is 32.1 Å². The first kappa shape index (κ1) is 16.6. The topological polar surface area (TPSA) is 81.6 Å². The van der Waals surface area contributed by atoms with E-state index in [2.05, 4.69) is 27.1 Å². The van der Waals surface area contributed by atoms with Gasteiger partial charge in [-0.15, -0.1) is 0 Å². The van der Waals surface area contributed by atoms with Crippen molar-refractivity contribution in [3.8, 4) is 0 Å². The molecule has 1 aromatic rings. The van der Waals surface area contributed by atoms with Crippen molar-refractivity contribution in [2.24, 2.45) is 0 Å². The molecule has 1 atom stereocenters. The van der Waals surface area contributed by atoms with E-state index in [-0.39, 0.29) is 5.91 Å². The summed E-state index contributed by atoms with van der Waals surface area (Å²) in [6, 6.07) is 0. The highest BCUT2D eigenvalue weighted by atomic mass is 16.3. The minimum atomic E-state index is -0.516. The zero-order valence-corrected chi connectivity index (χ0v) is 13.3. The summed E-state index contributed by atoms with van der Waals surface area (Å²) in [7, 11) is 0. The van der Waals surface area contributed by atoms with Crippen LogP contribution >= 0.6 is 0 Å². The van der Waals surface area contributed by atoms with Crippen LogP contribution in [0.1, 0.15) is 25.8 Å². The third-order valence-corrected chi connectivity index (χ3v) is 3.68. The summed E-state index contributed by atoms with van der Waals surface area (Å²) >= 11 is 0. The van der Waals surface area contributed by atoms with Crippen molar-refractivity contribution in [2.45, 2.75) is 32.9 Å². The lowest BCUT2D eigenvalue weighted by molar-refractivity contribution is -0.129. The Hall–Kier alpha value is -1.73. The molecule has 0 aromatic carbocycles. The Labute approximate surface area is 131 Å². The fraction of sp³-hybridized carbons (Fsp3) is 0.667. The van der Waals surface area contributed by atoms with Gasteiger partial charge in [0.15, 0.2) is 0 Å². The second kappa shape index (κ2) is 8.05. The number of aliphatic hydroxyl groups is 1. The van der Waals surface area contributed by atoms with Crippen molar-refractivity contribution in [2.75, 3.05) is 38.0 Å². The number of carbonyl (C=O) groups excluding carboxylic acids is 1. The molecule has 7 nitrogen and oxygen atoms in total. The Balaban J connectivity index is 1.91. The maximum Gasteiger partial charge on any atom is 0.222 e. The zero-order chi connectivity index (χ0) is 15.9. The molecule has 22 heavy (non-hydrogen) atoms. The lowest BCUT2D eigenvalue weighted by Crippen LogP contribution is -2.36. The molecule has 2 rings (SSSR count). The molecule has 1 aromatic heterocycles. The third kappa shape index (κ3) is 4.92. The second-order valence-electron chi connectivity index (χ2n) is 5.70. The standard InChI is InChI=1S/C15H25N5O2/c1-3-4-16-15-17-7-13(8-18-15)9-19-5-6-20(12(2)21)11-14(22)10-19/h7-8,14,22H,3-6,9-11H2,1-2H3,(H,16,17,18)/t14-/m0/s1. The predicted molar refractivity (Wildman–Crippen MR) is 84.4 cm³/mol. The van der Waals surface area contributed by atoms with Crippen LogP contribution in [0.3, 0.4) is 0 Å². The van der Waals surface area contributed by atoms with E-state index < -0.39 is 6.10 Å². The first-order valence-electron chi connectivity index (χ1n) is 7.79. The van der Waals surface area contributed by atoms with Gasteiger partial charge in [-0.2, -0.15) is 0 Å². The highest BCUT2D eigenvalue weighted by Gasteiger charge is 2.22. The molecule has 122 valence electrons. The monoisotopic (exact) mass is 307 g/mol. The van der Waals surface area contributed by atoms with Crippen molar-refractivity contribution in [1.29, 1.82) is 0 Å². The molecule has 2 heterocycles. The minimum absolute atomic E-state index is 0.00980. The van der Waals surface area contributed by atoms with Crippen molar-refractivity contribution in [3.63, 3.8) is 0 Å². The molecule has 1 saturated heterocycles. The second-order valence-corrected chi connectivity index (χ2v) is 5.70. The fourth-order valence-electron chi connectivity index (χ4n) is 2.51. The third-order valence-electron chi connectivity index (χ3n) is 3.68. The summed E-state index contributed by atoms with van der Waals surface area (Å²) < 4.78 is 0. The van der Waals surface area contributed by atoms with Gasteiger partial charge in [0, 0.05) is 64.1 Å². The summed E-state index contributed by atoms with van der Waals surface area (Å²) in [6.45, 7) is 7.52. The Morgan fingerprint density at radius 2 is 2.09 bits per heavy atom. The Morgan fingerprint density at radius 3 is 2.73 bits per heavy atom. The maximum atomic E-state index is 11.5. The number of aromatic nitrogens is 2. The van der Waals surface area contributed by atoms with Crippen LogP contribution in [0.2, 0.25) is 0 Å². The lowest BCUT2D eigenvalue weighted by Gasteiger charge is -2.20. The highest BCUT2D eigenvalue weighted by Crippen LogP contribution is 2.09. The smallest absolute Gasteiger partial charge is 0.222 e. The first-order valence-corrected chi connectivity index (χ1v) is 7.79. The van der Waals surface area contributed by atoms with E-state index in [1.807, 2.05) is 12.4 Å². The highest BCUT2D eigenvalue weighted by molar-refractivity contribution is 5.73. The van der Waals surface area contributed by atoms with Gasteiger partial charge in [0.1, 0.15) is 0 Å². The number of β-amino-alcohol motifs (C(OH)–C–C–N with tert-alkyl or cyclic N) is 1. The van der Waals surface area contributed by atoms with Gasteiger partial charge >= 0.3 is 0 Å². The van der Waals surface area contributed by atoms with Gasteiger partial charge in [0.25, 0.3) is 0 Å². The molecule has 0 unspecified atom stereocenters.